The monoisotopic (exact) mass is 374 g/mol. The van der Waals surface area contributed by atoms with Crippen LogP contribution in [0.2, 0.25) is 0 Å². The highest BCUT2D eigenvalue weighted by atomic mass is 127. The van der Waals surface area contributed by atoms with Crippen LogP contribution in [0, 0.1) is 15.2 Å². The fraction of sp³-hybridized carbons (Fsp3) is 0. The Morgan fingerprint density at radius 1 is 1.11 bits per heavy atom. The molecular weight excluding hydrogens is 365 g/mol. The van der Waals surface area contributed by atoms with Crippen molar-refractivity contribution in [1.82, 2.24) is 0 Å². The molecule has 0 unspecified atom stereocenters. The normalized spacial score (nSPS) is 10.3. The maximum atomic E-state index is 13.1. The Morgan fingerprint density at radius 2 is 1.68 bits per heavy atom. The number of nitrogen functional groups attached to an aromatic ring is 1. The minimum absolute atomic E-state index is 0.0996. The van der Waals surface area contributed by atoms with Crippen LogP contribution >= 0.6 is 22.6 Å². The predicted molar refractivity (Wildman–Crippen MR) is 77.9 cm³/mol. The van der Waals surface area contributed by atoms with Gasteiger partial charge >= 0.3 is 0 Å². The summed E-state index contributed by atoms with van der Waals surface area (Å²) < 4.78 is 27.0. The number of hydrogen-bond donors (Lipinski definition) is 2. The smallest absolute Gasteiger partial charge is 0.257 e. The van der Waals surface area contributed by atoms with Crippen molar-refractivity contribution < 1.29 is 13.6 Å². The molecule has 2 rings (SSSR count). The van der Waals surface area contributed by atoms with Gasteiger partial charge in [0.1, 0.15) is 0 Å². The molecule has 98 valence electrons. The molecule has 2 aromatic carbocycles. The zero-order chi connectivity index (χ0) is 14.0. The molecular formula is C13H9F2IN2O. The van der Waals surface area contributed by atoms with E-state index in [1.807, 2.05) is 12.1 Å². The highest BCUT2D eigenvalue weighted by Gasteiger charge is 2.14. The van der Waals surface area contributed by atoms with Gasteiger partial charge in [0, 0.05) is 21.0 Å². The first-order valence-electron chi connectivity index (χ1n) is 5.29. The lowest BCUT2D eigenvalue weighted by Gasteiger charge is -2.08. The number of amides is 1. The quantitative estimate of drug-likeness (QED) is 0.626. The molecule has 0 saturated carbocycles. The Hall–Kier alpha value is -1.70. The lowest BCUT2D eigenvalue weighted by molar-refractivity contribution is 0.102. The number of rotatable bonds is 2. The Labute approximate surface area is 121 Å². The third kappa shape index (κ3) is 3.19. The van der Waals surface area contributed by atoms with Crippen molar-refractivity contribution >= 4 is 39.9 Å². The van der Waals surface area contributed by atoms with Gasteiger partial charge in [-0.3, -0.25) is 4.79 Å². The van der Waals surface area contributed by atoms with Crippen molar-refractivity contribution in [3.8, 4) is 0 Å². The van der Waals surface area contributed by atoms with E-state index >= 15 is 0 Å². The highest BCUT2D eigenvalue weighted by Crippen LogP contribution is 2.19. The van der Waals surface area contributed by atoms with Crippen molar-refractivity contribution in [2.24, 2.45) is 0 Å². The molecule has 19 heavy (non-hydrogen) atoms. The van der Waals surface area contributed by atoms with E-state index in [-0.39, 0.29) is 11.3 Å². The molecule has 0 fully saturated rings. The van der Waals surface area contributed by atoms with Crippen LogP contribution in [-0.4, -0.2) is 5.91 Å². The van der Waals surface area contributed by atoms with Crippen molar-refractivity contribution in [3.63, 3.8) is 0 Å². The number of carbonyl (C=O) groups excluding carboxylic acids is 1. The van der Waals surface area contributed by atoms with Gasteiger partial charge in [-0.05, 0) is 52.9 Å². The molecule has 0 aromatic heterocycles. The van der Waals surface area contributed by atoms with Gasteiger partial charge in [0.2, 0.25) is 0 Å². The van der Waals surface area contributed by atoms with Crippen LogP contribution in [-0.2, 0) is 0 Å². The third-order valence-electron chi connectivity index (χ3n) is 2.44. The van der Waals surface area contributed by atoms with E-state index in [0.29, 0.717) is 5.69 Å². The summed E-state index contributed by atoms with van der Waals surface area (Å²) in [6, 6.07) is 8.60. The summed E-state index contributed by atoms with van der Waals surface area (Å²) in [5.41, 5.74) is 5.84. The first kappa shape index (κ1) is 13.7. The van der Waals surface area contributed by atoms with Crippen LogP contribution in [0.5, 0.6) is 0 Å². The molecule has 0 aliphatic carbocycles. The van der Waals surface area contributed by atoms with Crippen LogP contribution in [0.1, 0.15) is 10.4 Å². The van der Waals surface area contributed by atoms with Crippen LogP contribution in [0.25, 0.3) is 0 Å². The number of carbonyl (C=O) groups is 1. The molecule has 0 bridgehead atoms. The summed E-state index contributed by atoms with van der Waals surface area (Å²) in [5, 5.41) is 2.56. The van der Waals surface area contributed by atoms with E-state index in [0.717, 1.165) is 15.7 Å². The number of nitrogens with one attached hydrogen (secondary N) is 1. The summed E-state index contributed by atoms with van der Waals surface area (Å²) in [6.07, 6.45) is 0. The lowest BCUT2D eigenvalue weighted by Crippen LogP contribution is -2.14. The van der Waals surface area contributed by atoms with Gasteiger partial charge in [0.15, 0.2) is 11.6 Å². The molecule has 6 heteroatoms. The maximum absolute atomic E-state index is 13.1. The van der Waals surface area contributed by atoms with E-state index in [1.165, 1.54) is 0 Å². The number of benzene rings is 2. The first-order valence-corrected chi connectivity index (χ1v) is 6.36. The molecule has 3 N–H and O–H groups in total. The zero-order valence-electron chi connectivity index (χ0n) is 9.58. The molecule has 0 saturated heterocycles. The number of hydrogen-bond acceptors (Lipinski definition) is 2. The van der Waals surface area contributed by atoms with E-state index in [4.69, 9.17) is 5.73 Å². The van der Waals surface area contributed by atoms with Crippen LogP contribution in [0.15, 0.2) is 36.4 Å². The van der Waals surface area contributed by atoms with Gasteiger partial charge in [-0.2, -0.15) is 0 Å². The molecule has 1 amide bonds. The standard InChI is InChI=1S/C13H9F2IN2O/c14-10-5-9(12(17)6-11(10)15)13(19)18-8-3-1-7(16)2-4-8/h1-6H,17H2,(H,18,19). The van der Waals surface area contributed by atoms with Crippen molar-refractivity contribution in [1.29, 1.82) is 0 Å². The predicted octanol–water partition coefficient (Wildman–Crippen LogP) is 3.40. The second-order valence-corrected chi connectivity index (χ2v) is 5.06. The maximum Gasteiger partial charge on any atom is 0.257 e. The van der Waals surface area contributed by atoms with Crippen molar-refractivity contribution in [2.75, 3.05) is 11.1 Å². The van der Waals surface area contributed by atoms with Gasteiger partial charge in [0.25, 0.3) is 5.91 Å². The first-order chi connectivity index (χ1) is 8.97. The topological polar surface area (TPSA) is 55.1 Å². The van der Waals surface area contributed by atoms with E-state index in [9.17, 15) is 13.6 Å². The lowest BCUT2D eigenvalue weighted by atomic mass is 10.1. The van der Waals surface area contributed by atoms with Crippen molar-refractivity contribution in [3.05, 3.63) is 57.2 Å². The average molecular weight is 374 g/mol. The third-order valence-corrected chi connectivity index (χ3v) is 3.16. The van der Waals surface area contributed by atoms with Gasteiger partial charge in [-0.25, -0.2) is 8.78 Å². The summed E-state index contributed by atoms with van der Waals surface area (Å²) in [4.78, 5) is 11.9. The number of nitrogens with two attached hydrogens (primary N) is 1. The highest BCUT2D eigenvalue weighted by molar-refractivity contribution is 14.1. The fourth-order valence-corrected chi connectivity index (χ4v) is 1.85. The average Bonchev–Trinajstić information content (AvgIpc) is 2.36. The van der Waals surface area contributed by atoms with E-state index < -0.39 is 17.5 Å². The fourth-order valence-electron chi connectivity index (χ4n) is 1.49. The SMILES string of the molecule is Nc1cc(F)c(F)cc1C(=O)Nc1ccc(I)cc1. The van der Waals surface area contributed by atoms with Crippen LogP contribution < -0.4 is 11.1 Å². The summed E-state index contributed by atoms with van der Waals surface area (Å²) >= 11 is 2.13. The molecule has 2 aromatic rings. The molecule has 0 spiro atoms. The Bertz CT molecular complexity index is 629. The zero-order valence-corrected chi connectivity index (χ0v) is 11.7. The van der Waals surface area contributed by atoms with Gasteiger partial charge in [0.05, 0.1) is 5.56 Å². The molecule has 3 nitrogen and oxygen atoms in total. The summed E-state index contributed by atoms with van der Waals surface area (Å²) in [5.74, 6) is -2.78. The summed E-state index contributed by atoms with van der Waals surface area (Å²) in [7, 11) is 0. The van der Waals surface area contributed by atoms with E-state index in [1.54, 1.807) is 12.1 Å². The minimum atomic E-state index is -1.11. The Balaban J connectivity index is 2.25. The number of halogens is 3. The van der Waals surface area contributed by atoms with Crippen molar-refractivity contribution in [2.45, 2.75) is 0 Å². The van der Waals surface area contributed by atoms with Gasteiger partial charge in [-0.1, -0.05) is 0 Å². The van der Waals surface area contributed by atoms with Gasteiger partial charge < -0.3 is 11.1 Å². The summed E-state index contributed by atoms with van der Waals surface area (Å²) in [6.45, 7) is 0. The van der Waals surface area contributed by atoms with Crippen LogP contribution in [0.4, 0.5) is 20.2 Å². The Morgan fingerprint density at radius 3 is 2.32 bits per heavy atom. The van der Waals surface area contributed by atoms with Gasteiger partial charge in [-0.15, -0.1) is 0 Å². The molecule has 0 aliphatic rings. The molecule has 0 heterocycles. The van der Waals surface area contributed by atoms with Crippen LogP contribution in [0.3, 0.4) is 0 Å². The number of anilines is 2. The second-order valence-electron chi connectivity index (χ2n) is 3.81. The Kier molecular flexibility index (Phi) is 3.98. The molecule has 0 aliphatic heterocycles. The second kappa shape index (κ2) is 5.52. The molecule has 0 radical (unpaired) electrons. The molecule has 0 atom stereocenters. The largest absolute Gasteiger partial charge is 0.398 e. The van der Waals surface area contributed by atoms with E-state index in [2.05, 4.69) is 27.9 Å². The minimum Gasteiger partial charge on any atom is -0.398 e.